The van der Waals surface area contributed by atoms with Crippen molar-refractivity contribution < 1.29 is 31.9 Å². The highest BCUT2D eigenvalue weighted by Gasteiger charge is 2.37. The number of nitrogens with zero attached hydrogens (tertiary/aromatic N) is 1. The maximum absolute atomic E-state index is 12.7. The predicted molar refractivity (Wildman–Crippen MR) is 57.0 cm³/mol. The van der Waals surface area contributed by atoms with Crippen LogP contribution in [-0.4, -0.2) is 31.6 Å². The molecule has 0 N–H and O–H groups in total. The van der Waals surface area contributed by atoms with Crippen molar-refractivity contribution in [1.82, 2.24) is 0 Å². The first-order valence-electron chi connectivity index (χ1n) is 4.94. The smallest absolute Gasteiger partial charge is 0.437 e. The third-order valence-corrected chi connectivity index (χ3v) is 1.95. The van der Waals surface area contributed by atoms with Gasteiger partial charge in [-0.05, 0) is 24.3 Å². The molecule has 0 aliphatic rings. The number of carbonyl (C=O) groups is 1. The molecule has 1 aromatic carbocycles. The molecule has 0 aliphatic heterocycles. The van der Waals surface area contributed by atoms with Gasteiger partial charge < -0.3 is 9.57 Å². The van der Waals surface area contributed by atoms with Crippen molar-refractivity contribution in [2.24, 2.45) is 5.16 Å². The fraction of sp³-hybridized carbons (Fsp3) is 0.273. The molecule has 19 heavy (non-hydrogen) atoms. The maximum atomic E-state index is 12.7. The average molecular weight is 279 g/mol. The van der Waals surface area contributed by atoms with Gasteiger partial charge in [-0.1, -0.05) is 5.16 Å². The first kappa shape index (κ1) is 14.9. The van der Waals surface area contributed by atoms with Crippen molar-refractivity contribution >= 4 is 11.7 Å². The van der Waals surface area contributed by atoms with Crippen molar-refractivity contribution in [1.29, 1.82) is 0 Å². The van der Waals surface area contributed by atoms with Gasteiger partial charge in [0, 0.05) is 5.56 Å². The van der Waals surface area contributed by atoms with Crippen molar-refractivity contribution in [3.8, 4) is 0 Å². The molecular weight excluding hydrogens is 270 g/mol. The van der Waals surface area contributed by atoms with Gasteiger partial charge in [0.1, 0.15) is 5.82 Å². The van der Waals surface area contributed by atoms with Crippen LogP contribution in [0.15, 0.2) is 29.4 Å². The topological polar surface area (TPSA) is 47.9 Å². The number of rotatable bonds is 4. The highest BCUT2D eigenvalue weighted by atomic mass is 19.4. The Balaban J connectivity index is 2.93. The van der Waals surface area contributed by atoms with Crippen LogP contribution in [0.3, 0.4) is 0 Å². The normalized spacial score (nSPS) is 12.2. The van der Waals surface area contributed by atoms with E-state index >= 15 is 0 Å². The number of benzene rings is 1. The third-order valence-electron chi connectivity index (χ3n) is 1.95. The number of carbonyl (C=O) groups excluding carboxylic acids is 1. The first-order chi connectivity index (χ1) is 8.84. The quantitative estimate of drug-likeness (QED) is 0.368. The van der Waals surface area contributed by atoms with Gasteiger partial charge in [-0.2, -0.15) is 13.2 Å². The van der Waals surface area contributed by atoms with E-state index in [1.807, 2.05) is 0 Å². The van der Waals surface area contributed by atoms with E-state index in [0.717, 1.165) is 31.4 Å². The SMILES string of the molecule is COC(=O)CON=C(c1ccc(F)cc1)C(F)(F)F. The van der Waals surface area contributed by atoms with Crippen LogP contribution in [0.5, 0.6) is 0 Å². The predicted octanol–water partition coefficient (Wildman–Crippen LogP) is 2.28. The molecular formula is C11H9F4NO3. The molecule has 4 nitrogen and oxygen atoms in total. The lowest BCUT2D eigenvalue weighted by atomic mass is 10.1. The van der Waals surface area contributed by atoms with Gasteiger partial charge in [-0.15, -0.1) is 0 Å². The molecule has 0 bridgehead atoms. The average Bonchev–Trinajstić information content (AvgIpc) is 2.34. The summed E-state index contributed by atoms with van der Waals surface area (Å²) in [5, 5.41) is 2.85. The Kier molecular flexibility index (Phi) is 4.85. The van der Waals surface area contributed by atoms with Crippen LogP contribution in [0.2, 0.25) is 0 Å². The number of halogens is 4. The number of alkyl halides is 3. The molecule has 0 spiro atoms. The second-order valence-electron chi connectivity index (χ2n) is 3.29. The van der Waals surface area contributed by atoms with E-state index in [1.165, 1.54) is 0 Å². The zero-order valence-corrected chi connectivity index (χ0v) is 9.70. The number of ether oxygens (including phenoxy) is 1. The molecule has 0 saturated carbocycles. The highest BCUT2D eigenvalue weighted by molar-refractivity contribution is 6.04. The molecule has 0 saturated heterocycles. The minimum absolute atomic E-state index is 0.376. The molecule has 0 heterocycles. The lowest BCUT2D eigenvalue weighted by molar-refractivity contribution is -0.146. The minimum atomic E-state index is -4.80. The summed E-state index contributed by atoms with van der Waals surface area (Å²) in [6.07, 6.45) is -4.80. The standard InChI is InChI=1S/C11H9F4NO3/c1-18-9(17)6-19-16-10(11(13,14)15)7-2-4-8(12)5-3-7/h2-5H,6H2,1H3. The molecule has 0 fully saturated rings. The fourth-order valence-corrected chi connectivity index (χ4v) is 1.08. The van der Waals surface area contributed by atoms with E-state index in [0.29, 0.717) is 0 Å². The lowest BCUT2D eigenvalue weighted by Gasteiger charge is -2.10. The van der Waals surface area contributed by atoms with Crippen LogP contribution >= 0.6 is 0 Å². The Morgan fingerprint density at radius 3 is 2.32 bits per heavy atom. The van der Waals surface area contributed by atoms with Crippen molar-refractivity contribution in [3.05, 3.63) is 35.6 Å². The largest absolute Gasteiger partial charge is 0.466 e. The summed E-state index contributed by atoms with van der Waals surface area (Å²) in [7, 11) is 1.06. The van der Waals surface area contributed by atoms with Gasteiger partial charge in [-0.3, -0.25) is 0 Å². The Hall–Kier alpha value is -2.12. The van der Waals surface area contributed by atoms with Crippen LogP contribution in [-0.2, 0) is 14.4 Å². The van der Waals surface area contributed by atoms with Crippen LogP contribution in [0, 0.1) is 5.82 Å². The second-order valence-corrected chi connectivity index (χ2v) is 3.29. The molecule has 1 aromatic rings. The van der Waals surface area contributed by atoms with E-state index in [9.17, 15) is 22.4 Å². The molecule has 0 amide bonds. The summed E-state index contributed by atoms with van der Waals surface area (Å²) >= 11 is 0. The van der Waals surface area contributed by atoms with E-state index in [-0.39, 0.29) is 5.56 Å². The van der Waals surface area contributed by atoms with Crippen molar-refractivity contribution in [2.75, 3.05) is 13.7 Å². The van der Waals surface area contributed by atoms with E-state index < -0.39 is 30.3 Å². The molecule has 0 unspecified atom stereocenters. The zero-order valence-electron chi connectivity index (χ0n) is 9.70. The number of oxime groups is 1. The van der Waals surface area contributed by atoms with Gasteiger partial charge in [-0.25, -0.2) is 9.18 Å². The second kappa shape index (κ2) is 6.17. The highest BCUT2D eigenvalue weighted by Crippen LogP contribution is 2.23. The van der Waals surface area contributed by atoms with Crippen molar-refractivity contribution in [2.45, 2.75) is 6.18 Å². The van der Waals surface area contributed by atoms with Crippen LogP contribution in [0.1, 0.15) is 5.56 Å². The lowest BCUT2D eigenvalue weighted by Crippen LogP contribution is -2.25. The molecule has 0 atom stereocenters. The molecule has 0 radical (unpaired) electrons. The van der Waals surface area contributed by atoms with Gasteiger partial charge >= 0.3 is 12.1 Å². The molecule has 0 aromatic heterocycles. The number of methoxy groups -OCH3 is 1. The number of hydrogen-bond acceptors (Lipinski definition) is 4. The Morgan fingerprint density at radius 1 is 1.26 bits per heavy atom. The van der Waals surface area contributed by atoms with Crippen LogP contribution in [0.25, 0.3) is 0 Å². The summed E-state index contributed by atoms with van der Waals surface area (Å²) < 4.78 is 54.9. The number of hydrogen-bond donors (Lipinski definition) is 0. The molecule has 0 aliphatic carbocycles. The molecule has 1 rings (SSSR count). The van der Waals surface area contributed by atoms with Crippen LogP contribution in [0.4, 0.5) is 17.6 Å². The first-order valence-corrected chi connectivity index (χ1v) is 4.94. The zero-order chi connectivity index (χ0) is 14.5. The van der Waals surface area contributed by atoms with Gasteiger partial charge in [0.15, 0.2) is 5.71 Å². The van der Waals surface area contributed by atoms with Crippen LogP contribution < -0.4 is 0 Å². The summed E-state index contributed by atoms with van der Waals surface area (Å²) in [5.74, 6) is -1.55. The summed E-state index contributed by atoms with van der Waals surface area (Å²) in [6.45, 7) is -0.753. The third kappa shape index (κ3) is 4.57. The Labute approximate surface area is 105 Å². The van der Waals surface area contributed by atoms with E-state index in [2.05, 4.69) is 14.7 Å². The van der Waals surface area contributed by atoms with E-state index in [1.54, 1.807) is 0 Å². The summed E-state index contributed by atoms with van der Waals surface area (Å²) in [6, 6.07) is 3.53. The monoisotopic (exact) mass is 279 g/mol. The summed E-state index contributed by atoms with van der Waals surface area (Å²) in [4.78, 5) is 14.9. The Morgan fingerprint density at radius 2 is 1.84 bits per heavy atom. The molecule has 8 heteroatoms. The van der Waals surface area contributed by atoms with Gasteiger partial charge in [0.25, 0.3) is 0 Å². The van der Waals surface area contributed by atoms with E-state index in [4.69, 9.17) is 0 Å². The van der Waals surface area contributed by atoms with Gasteiger partial charge in [0.2, 0.25) is 6.61 Å². The Bertz CT molecular complexity index is 468. The fourth-order valence-electron chi connectivity index (χ4n) is 1.08. The minimum Gasteiger partial charge on any atom is -0.466 e. The number of esters is 1. The van der Waals surface area contributed by atoms with Gasteiger partial charge in [0.05, 0.1) is 7.11 Å². The molecule has 104 valence electrons. The maximum Gasteiger partial charge on any atom is 0.437 e. The van der Waals surface area contributed by atoms with Crippen molar-refractivity contribution in [3.63, 3.8) is 0 Å². The summed E-state index contributed by atoms with van der Waals surface area (Å²) in [5.41, 5.74) is -1.74.